The number of ether oxygens (including phenoxy) is 1. The van der Waals surface area contributed by atoms with E-state index < -0.39 is 8.80 Å². The molecule has 1 rings (SSSR count). The van der Waals surface area contributed by atoms with E-state index in [1.54, 1.807) is 11.8 Å². The van der Waals surface area contributed by atoms with Crippen LogP contribution in [0.25, 0.3) is 0 Å². The number of carbonyl (C=O) groups excluding carboxylic acids is 2. The van der Waals surface area contributed by atoms with Gasteiger partial charge in [0, 0.05) is 61.3 Å². The van der Waals surface area contributed by atoms with Gasteiger partial charge in [0.2, 0.25) is 5.91 Å². The van der Waals surface area contributed by atoms with Crippen molar-refractivity contribution in [2.45, 2.75) is 51.3 Å². The third-order valence-electron chi connectivity index (χ3n) is 4.19. The molecule has 0 saturated carbocycles. The number of hydrogen-bond acceptors (Lipinski definition) is 8. The van der Waals surface area contributed by atoms with Gasteiger partial charge in [0.15, 0.2) is 0 Å². The number of amides is 1. The highest BCUT2D eigenvalue weighted by Crippen LogP contribution is 2.26. The van der Waals surface area contributed by atoms with Crippen LogP contribution in [0.5, 0.6) is 0 Å². The van der Waals surface area contributed by atoms with Gasteiger partial charge in [0.1, 0.15) is 6.61 Å². The first-order chi connectivity index (χ1) is 14.4. The Morgan fingerprint density at radius 2 is 1.77 bits per heavy atom. The van der Waals surface area contributed by atoms with E-state index in [0.717, 1.165) is 17.3 Å². The van der Waals surface area contributed by atoms with Crippen molar-refractivity contribution in [2.24, 2.45) is 0 Å². The number of esters is 1. The molecule has 1 aliphatic heterocycles. The van der Waals surface area contributed by atoms with Crippen molar-refractivity contribution in [3.63, 3.8) is 0 Å². The summed E-state index contributed by atoms with van der Waals surface area (Å²) in [5.41, 5.74) is 1.22. The molecule has 1 saturated heterocycles. The molecule has 7 nitrogen and oxygen atoms in total. The van der Waals surface area contributed by atoms with E-state index in [2.05, 4.69) is 11.9 Å². The molecule has 0 aromatic heterocycles. The molecule has 0 aromatic rings. The van der Waals surface area contributed by atoms with Crippen LogP contribution in [-0.2, 0) is 27.6 Å². The monoisotopic (exact) mass is 479 g/mol. The van der Waals surface area contributed by atoms with Crippen molar-refractivity contribution in [3.05, 3.63) is 12.2 Å². The van der Waals surface area contributed by atoms with Gasteiger partial charge in [-0.05, 0) is 27.2 Å². The summed E-state index contributed by atoms with van der Waals surface area (Å²) in [6.45, 7) is 12.3. The zero-order valence-corrected chi connectivity index (χ0v) is 21.2. The van der Waals surface area contributed by atoms with Gasteiger partial charge in [0.25, 0.3) is 0 Å². The molecule has 0 bridgehead atoms. The second kappa shape index (κ2) is 16.2. The maximum atomic E-state index is 12.0. The molecule has 0 aliphatic carbocycles. The van der Waals surface area contributed by atoms with E-state index in [-0.39, 0.29) is 30.0 Å². The minimum atomic E-state index is -2.67. The summed E-state index contributed by atoms with van der Waals surface area (Å²) >= 11 is 3.60. The molecule has 1 aliphatic rings. The average Bonchev–Trinajstić information content (AvgIpc) is 2.93. The van der Waals surface area contributed by atoms with E-state index in [0.29, 0.717) is 45.4 Å². The maximum Gasteiger partial charge on any atom is 0.500 e. The predicted octanol–water partition coefficient (Wildman–Crippen LogP) is 3.27. The lowest BCUT2D eigenvalue weighted by Gasteiger charge is -2.28. The highest BCUT2D eigenvalue weighted by atomic mass is 32.2. The zero-order chi connectivity index (χ0) is 22.2. The lowest BCUT2D eigenvalue weighted by atomic mass is 10.3. The largest absolute Gasteiger partial charge is 0.500 e. The number of nitrogens with one attached hydrogen (secondary N) is 1. The molecule has 174 valence electrons. The third-order valence-corrected chi connectivity index (χ3v) is 10.2. The molecule has 0 radical (unpaired) electrons. The summed E-state index contributed by atoms with van der Waals surface area (Å²) in [6, 6.07) is 0.647. The maximum absolute atomic E-state index is 12.0. The molecule has 1 fully saturated rings. The average molecular weight is 480 g/mol. The minimum absolute atomic E-state index is 0.0958. The molecule has 1 heterocycles. The smallest absolute Gasteiger partial charge is 0.464 e. The fraction of sp³-hybridized carbons (Fsp3) is 0.800. The number of carbonyl (C=O) groups is 2. The normalized spacial score (nSPS) is 17.4. The molecule has 0 aromatic carbocycles. The lowest BCUT2D eigenvalue weighted by molar-refractivity contribution is -0.144. The van der Waals surface area contributed by atoms with Crippen LogP contribution in [0.1, 0.15) is 40.0 Å². The van der Waals surface area contributed by atoms with Crippen molar-refractivity contribution in [1.29, 1.82) is 0 Å². The molecule has 1 N–H and O–H groups in total. The van der Waals surface area contributed by atoms with Crippen molar-refractivity contribution < 1.29 is 27.6 Å². The number of hydrogen-bond donors (Lipinski definition) is 1. The van der Waals surface area contributed by atoms with E-state index in [1.165, 1.54) is 5.57 Å². The Balaban J connectivity index is 2.21. The van der Waals surface area contributed by atoms with Gasteiger partial charge in [-0.15, -0.1) is 11.8 Å². The molecule has 1 amide bonds. The van der Waals surface area contributed by atoms with Crippen LogP contribution in [-0.4, -0.2) is 76.2 Å². The molecule has 1 unspecified atom stereocenters. The highest BCUT2D eigenvalue weighted by Gasteiger charge is 2.39. The SMILES string of the molecule is C=C1CSCC(COC(=O)CCC(=O)NCCC[Si](OCC)(OCC)OCC)SC1. The van der Waals surface area contributed by atoms with Crippen molar-refractivity contribution >= 4 is 44.2 Å². The lowest BCUT2D eigenvalue weighted by Crippen LogP contribution is -2.46. The second-order valence-corrected chi connectivity index (χ2v) is 11.9. The van der Waals surface area contributed by atoms with E-state index in [4.69, 9.17) is 18.0 Å². The zero-order valence-electron chi connectivity index (χ0n) is 18.5. The van der Waals surface area contributed by atoms with Gasteiger partial charge in [-0.2, -0.15) is 11.8 Å². The molecular weight excluding hydrogens is 442 g/mol. The Morgan fingerprint density at radius 3 is 2.40 bits per heavy atom. The van der Waals surface area contributed by atoms with Crippen molar-refractivity contribution in [1.82, 2.24) is 5.32 Å². The van der Waals surface area contributed by atoms with Crippen molar-refractivity contribution in [3.8, 4) is 0 Å². The van der Waals surface area contributed by atoms with Crippen LogP contribution in [0, 0.1) is 0 Å². The predicted molar refractivity (Wildman–Crippen MR) is 126 cm³/mol. The molecule has 1 atom stereocenters. The van der Waals surface area contributed by atoms with E-state index in [1.807, 2.05) is 32.5 Å². The summed E-state index contributed by atoms with van der Waals surface area (Å²) in [5, 5.41) is 3.14. The van der Waals surface area contributed by atoms with Gasteiger partial charge in [0.05, 0.1) is 6.42 Å². The topological polar surface area (TPSA) is 83.1 Å². The molecular formula is C20H37NO6S2Si. The summed E-state index contributed by atoms with van der Waals surface area (Å²) in [7, 11) is -2.67. The van der Waals surface area contributed by atoms with Crippen LogP contribution in [0.3, 0.4) is 0 Å². The van der Waals surface area contributed by atoms with Crippen LogP contribution in [0.15, 0.2) is 12.2 Å². The molecule has 0 spiro atoms. The van der Waals surface area contributed by atoms with Gasteiger partial charge in [-0.1, -0.05) is 12.2 Å². The Bertz CT molecular complexity index is 520. The van der Waals surface area contributed by atoms with Crippen LogP contribution >= 0.6 is 23.5 Å². The van der Waals surface area contributed by atoms with E-state index >= 15 is 0 Å². The van der Waals surface area contributed by atoms with E-state index in [9.17, 15) is 9.59 Å². The summed E-state index contributed by atoms with van der Waals surface area (Å²) in [5.74, 6) is 2.36. The highest BCUT2D eigenvalue weighted by molar-refractivity contribution is 8.04. The van der Waals surface area contributed by atoms with Crippen molar-refractivity contribution in [2.75, 3.05) is 50.2 Å². The molecule has 30 heavy (non-hydrogen) atoms. The van der Waals surface area contributed by atoms with Gasteiger partial charge in [-0.3, -0.25) is 9.59 Å². The van der Waals surface area contributed by atoms with Crippen LogP contribution < -0.4 is 5.32 Å². The Kier molecular flexibility index (Phi) is 14.8. The Hall–Kier alpha value is -0.523. The number of rotatable bonds is 15. The second-order valence-electron chi connectivity index (χ2n) is 6.82. The Labute approximate surface area is 190 Å². The van der Waals surface area contributed by atoms with Gasteiger partial charge >= 0.3 is 14.8 Å². The van der Waals surface area contributed by atoms with Crippen LogP contribution in [0.4, 0.5) is 0 Å². The van der Waals surface area contributed by atoms with Gasteiger partial charge in [-0.25, -0.2) is 0 Å². The quantitative estimate of drug-likeness (QED) is 0.166. The first kappa shape index (κ1) is 27.5. The fourth-order valence-electron chi connectivity index (χ4n) is 2.85. The van der Waals surface area contributed by atoms with Gasteiger partial charge < -0.3 is 23.3 Å². The fourth-order valence-corrected chi connectivity index (χ4v) is 7.87. The summed E-state index contributed by atoms with van der Waals surface area (Å²) in [4.78, 5) is 24.0. The summed E-state index contributed by atoms with van der Waals surface area (Å²) < 4.78 is 22.7. The first-order valence-electron chi connectivity index (χ1n) is 10.6. The minimum Gasteiger partial charge on any atom is -0.464 e. The Morgan fingerprint density at radius 1 is 1.10 bits per heavy atom. The standard InChI is InChI=1S/C20H37NO6S2Si/c1-5-25-30(26-6-2,27-7-3)12-8-11-21-19(22)9-10-20(23)24-13-18-16-28-14-17(4)15-29-18/h18H,4-16H2,1-3H3,(H,21,22). The van der Waals surface area contributed by atoms with Crippen LogP contribution in [0.2, 0.25) is 6.04 Å². The third kappa shape index (κ3) is 11.8. The number of thioether (sulfide) groups is 2. The molecule has 10 heteroatoms. The first-order valence-corrected chi connectivity index (χ1v) is 14.8. The summed E-state index contributed by atoms with van der Waals surface area (Å²) in [6.07, 6.45) is 0.927.